The van der Waals surface area contributed by atoms with Gasteiger partial charge in [0, 0.05) is 17.1 Å². The van der Waals surface area contributed by atoms with Gasteiger partial charge in [-0.3, -0.25) is 4.79 Å². The van der Waals surface area contributed by atoms with Gasteiger partial charge >= 0.3 is 0 Å². The second-order valence-corrected chi connectivity index (χ2v) is 8.71. The molecule has 2 heterocycles. The summed E-state index contributed by atoms with van der Waals surface area (Å²) in [5.41, 5.74) is 2.02. The number of hydrogen-bond donors (Lipinski definition) is 2. The van der Waals surface area contributed by atoms with Crippen LogP contribution in [0.4, 0.5) is 10.8 Å². The molecule has 0 spiro atoms. The molecule has 2 N–H and O–H groups in total. The molecule has 0 atom stereocenters. The Bertz CT molecular complexity index is 833. The van der Waals surface area contributed by atoms with E-state index >= 15 is 0 Å². The average molecular weight is 405 g/mol. The molecule has 3 aromatic rings. The minimum Gasteiger partial charge on any atom is -0.360 e. The molecule has 3 rings (SSSR count). The number of carbonyl (C=O) groups excluding carboxylic acids is 1. The molecular weight excluding hydrogens is 384 g/mol. The summed E-state index contributed by atoms with van der Waals surface area (Å²) >= 11 is 4.64. The van der Waals surface area contributed by atoms with Gasteiger partial charge in [-0.05, 0) is 35.9 Å². The molecule has 0 saturated carbocycles. The van der Waals surface area contributed by atoms with Gasteiger partial charge in [0.15, 0.2) is 4.34 Å². The quantitative estimate of drug-likeness (QED) is 0.512. The molecule has 0 fully saturated rings. The third-order valence-electron chi connectivity index (χ3n) is 3.63. The van der Waals surface area contributed by atoms with Crippen LogP contribution in [0.25, 0.3) is 0 Å². The molecule has 1 amide bonds. The van der Waals surface area contributed by atoms with Crippen molar-refractivity contribution in [2.75, 3.05) is 22.9 Å². The molecule has 8 heteroatoms. The first-order chi connectivity index (χ1) is 12.7. The van der Waals surface area contributed by atoms with Crippen LogP contribution in [0.15, 0.2) is 46.1 Å². The number of carbonyl (C=O) groups is 1. The molecule has 0 aliphatic carbocycles. The van der Waals surface area contributed by atoms with Gasteiger partial charge in [0.05, 0.1) is 5.75 Å². The number of rotatable bonds is 9. The molecule has 0 bridgehead atoms. The average Bonchev–Trinajstić information content (AvgIpc) is 3.33. The molecule has 1 aromatic carbocycles. The van der Waals surface area contributed by atoms with Crippen LogP contribution in [0.3, 0.4) is 0 Å². The third kappa shape index (κ3) is 5.55. The molecule has 26 heavy (non-hydrogen) atoms. The maximum Gasteiger partial charge on any atom is 0.234 e. The Morgan fingerprint density at radius 2 is 2.08 bits per heavy atom. The second kappa shape index (κ2) is 9.70. The number of thiophene rings is 1. The van der Waals surface area contributed by atoms with Crippen molar-refractivity contribution < 1.29 is 4.79 Å². The Balaban J connectivity index is 1.43. The molecule has 0 radical (unpaired) electrons. The van der Waals surface area contributed by atoms with E-state index in [0.717, 1.165) is 40.1 Å². The highest BCUT2D eigenvalue weighted by molar-refractivity contribution is 8.01. The first-order valence-corrected chi connectivity index (χ1v) is 11.0. The third-order valence-corrected chi connectivity index (χ3v) is 6.58. The van der Waals surface area contributed by atoms with Crippen molar-refractivity contribution in [2.45, 2.75) is 24.1 Å². The zero-order valence-electron chi connectivity index (χ0n) is 14.4. The summed E-state index contributed by atoms with van der Waals surface area (Å²) in [5, 5.41) is 17.4. The summed E-state index contributed by atoms with van der Waals surface area (Å²) < 4.78 is 0.794. The summed E-state index contributed by atoms with van der Waals surface area (Å²) in [6.07, 6.45) is 1.86. The number of hydrogen-bond acceptors (Lipinski definition) is 7. The zero-order valence-corrected chi connectivity index (χ0v) is 16.8. The zero-order chi connectivity index (χ0) is 18.2. The molecule has 2 aromatic heterocycles. The fourth-order valence-corrected chi connectivity index (χ4v) is 4.64. The predicted molar refractivity (Wildman–Crippen MR) is 112 cm³/mol. The van der Waals surface area contributed by atoms with Gasteiger partial charge in [-0.25, -0.2) is 0 Å². The van der Waals surface area contributed by atoms with Crippen molar-refractivity contribution in [3.05, 3.63) is 52.2 Å². The number of thioether (sulfide) groups is 1. The van der Waals surface area contributed by atoms with E-state index in [-0.39, 0.29) is 5.91 Å². The second-order valence-electron chi connectivity index (χ2n) is 5.48. The Labute approximate surface area is 165 Å². The largest absolute Gasteiger partial charge is 0.360 e. The summed E-state index contributed by atoms with van der Waals surface area (Å²) in [7, 11) is 0. The first kappa shape index (κ1) is 18.9. The fraction of sp³-hybridized carbons (Fsp3) is 0.278. The van der Waals surface area contributed by atoms with Gasteiger partial charge in [-0.1, -0.05) is 54.3 Å². The molecule has 0 saturated heterocycles. The van der Waals surface area contributed by atoms with Crippen LogP contribution >= 0.6 is 34.4 Å². The van der Waals surface area contributed by atoms with Gasteiger partial charge in [0.2, 0.25) is 11.0 Å². The van der Waals surface area contributed by atoms with Crippen molar-refractivity contribution >= 4 is 51.2 Å². The number of nitrogens with one attached hydrogen (secondary N) is 2. The highest BCUT2D eigenvalue weighted by Crippen LogP contribution is 2.26. The molecule has 0 aliphatic rings. The number of benzene rings is 1. The Morgan fingerprint density at radius 1 is 1.19 bits per heavy atom. The first-order valence-electron chi connectivity index (χ1n) is 8.35. The molecule has 0 aliphatic heterocycles. The summed E-state index contributed by atoms with van der Waals surface area (Å²) in [4.78, 5) is 13.5. The molecule has 5 nitrogen and oxygen atoms in total. The number of aromatic nitrogens is 2. The van der Waals surface area contributed by atoms with E-state index in [2.05, 4.69) is 45.3 Å². The van der Waals surface area contributed by atoms with Crippen LogP contribution in [0.2, 0.25) is 0 Å². The SMILES string of the molecule is CCc1ccccc1NC(=O)CSc1nnc(NCCc2cccs2)s1. The molecular formula is C18H20N4OS3. The van der Waals surface area contributed by atoms with Gasteiger partial charge in [0.25, 0.3) is 0 Å². The summed E-state index contributed by atoms with van der Waals surface area (Å²) in [6.45, 7) is 2.90. The lowest BCUT2D eigenvalue weighted by Gasteiger charge is -2.08. The minimum absolute atomic E-state index is 0.0293. The van der Waals surface area contributed by atoms with Crippen LogP contribution in [-0.4, -0.2) is 28.4 Å². The van der Waals surface area contributed by atoms with E-state index in [9.17, 15) is 4.79 Å². The van der Waals surface area contributed by atoms with Gasteiger partial charge in [-0.15, -0.1) is 21.5 Å². The smallest absolute Gasteiger partial charge is 0.234 e. The van der Waals surface area contributed by atoms with E-state index in [1.807, 2.05) is 24.3 Å². The minimum atomic E-state index is -0.0293. The maximum absolute atomic E-state index is 12.2. The fourth-order valence-electron chi connectivity index (χ4n) is 2.35. The number of nitrogens with zero attached hydrogens (tertiary/aromatic N) is 2. The topological polar surface area (TPSA) is 66.9 Å². The van der Waals surface area contributed by atoms with E-state index in [4.69, 9.17) is 0 Å². The van der Waals surface area contributed by atoms with Crippen LogP contribution in [0.5, 0.6) is 0 Å². The van der Waals surface area contributed by atoms with E-state index in [1.54, 1.807) is 11.3 Å². The Hall–Kier alpha value is -1.90. The number of aryl methyl sites for hydroxylation is 1. The van der Waals surface area contributed by atoms with Gasteiger partial charge in [-0.2, -0.15) is 0 Å². The Morgan fingerprint density at radius 3 is 2.88 bits per heavy atom. The maximum atomic E-state index is 12.2. The number of anilines is 2. The lowest BCUT2D eigenvalue weighted by Crippen LogP contribution is -2.15. The standard InChI is InChI=1S/C18H20N4OS3/c1-2-13-6-3-4-8-15(13)20-16(23)12-25-18-22-21-17(26-18)19-10-9-14-7-5-11-24-14/h3-8,11H,2,9-10,12H2,1H3,(H,19,21)(H,20,23). The number of amides is 1. The van der Waals surface area contributed by atoms with Crippen LogP contribution in [0.1, 0.15) is 17.4 Å². The van der Waals surface area contributed by atoms with Crippen LogP contribution in [-0.2, 0) is 17.6 Å². The Kier molecular flexibility index (Phi) is 7.04. The summed E-state index contributed by atoms with van der Waals surface area (Å²) in [5.74, 6) is 0.292. The lowest BCUT2D eigenvalue weighted by molar-refractivity contribution is -0.113. The van der Waals surface area contributed by atoms with Crippen molar-refractivity contribution in [3.63, 3.8) is 0 Å². The molecule has 0 unspecified atom stereocenters. The van der Waals surface area contributed by atoms with Crippen LogP contribution < -0.4 is 10.6 Å². The van der Waals surface area contributed by atoms with Crippen molar-refractivity contribution in [3.8, 4) is 0 Å². The van der Waals surface area contributed by atoms with Crippen LogP contribution in [0, 0.1) is 0 Å². The monoisotopic (exact) mass is 404 g/mol. The summed E-state index contributed by atoms with van der Waals surface area (Å²) in [6, 6.07) is 12.1. The predicted octanol–water partition coefficient (Wildman–Crippen LogP) is 4.55. The number of para-hydroxylation sites is 1. The van der Waals surface area contributed by atoms with Crippen molar-refractivity contribution in [1.29, 1.82) is 0 Å². The van der Waals surface area contributed by atoms with Gasteiger partial charge < -0.3 is 10.6 Å². The molecule has 136 valence electrons. The van der Waals surface area contributed by atoms with Gasteiger partial charge in [0.1, 0.15) is 0 Å². The van der Waals surface area contributed by atoms with Crippen molar-refractivity contribution in [2.24, 2.45) is 0 Å². The van der Waals surface area contributed by atoms with E-state index in [0.29, 0.717) is 5.75 Å². The highest BCUT2D eigenvalue weighted by Gasteiger charge is 2.10. The lowest BCUT2D eigenvalue weighted by atomic mass is 10.1. The normalized spacial score (nSPS) is 10.7. The van der Waals surface area contributed by atoms with Crippen molar-refractivity contribution in [1.82, 2.24) is 10.2 Å². The van der Waals surface area contributed by atoms with E-state index < -0.39 is 0 Å². The van der Waals surface area contributed by atoms with E-state index in [1.165, 1.54) is 28.0 Å². The highest BCUT2D eigenvalue weighted by atomic mass is 32.2.